The molecule has 0 unspecified atom stereocenters. The second-order valence-electron chi connectivity index (χ2n) is 6.83. The van der Waals surface area contributed by atoms with Gasteiger partial charge in [0.1, 0.15) is 5.60 Å². The highest BCUT2D eigenvalue weighted by atomic mass is 19.4. The lowest BCUT2D eigenvalue weighted by molar-refractivity contribution is -0.137. The van der Waals surface area contributed by atoms with Crippen molar-refractivity contribution < 1.29 is 27.5 Å². The van der Waals surface area contributed by atoms with Crippen LogP contribution < -0.4 is 16.2 Å². The third-order valence-electron chi connectivity index (χ3n) is 3.31. The van der Waals surface area contributed by atoms with E-state index in [4.69, 9.17) is 4.74 Å². The average molecular weight is 395 g/mol. The molecule has 0 aliphatic rings. The van der Waals surface area contributed by atoms with Crippen molar-refractivity contribution in [2.24, 2.45) is 0 Å². The summed E-state index contributed by atoms with van der Waals surface area (Å²) in [6.07, 6.45) is -5.26. The zero-order valence-corrected chi connectivity index (χ0v) is 15.5. The lowest BCUT2D eigenvalue weighted by atomic mass is 10.1. The van der Waals surface area contributed by atoms with Crippen LogP contribution in [0.1, 0.15) is 36.7 Å². The van der Waals surface area contributed by atoms with E-state index in [0.717, 1.165) is 6.07 Å². The molecule has 2 aromatic rings. The normalized spacial score (nSPS) is 11.5. The first-order valence-corrected chi connectivity index (χ1v) is 8.28. The predicted molar refractivity (Wildman–Crippen MR) is 98.8 cm³/mol. The highest BCUT2D eigenvalue weighted by Crippen LogP contribution is 2.34. The second kappa shape index (κ2) is 8.20. The maximum Gasteiger partial charge on any atom is 0.418 e. The number of hydrazine groups is 1. The van der Waals surface area contributed by atoms with Gasteiger partial charge < -0.3 is 4.74 Å². The Kier molecular flexibility index (Phi) is 6.17. The minimum atomic E-state index is -4.56. The molecule has 0 heterocycles. The molecule has 9 heteroatoms. The molecule has 3 N–H and O–H groups in total. The summed E-state index contributed by atoms with van der Waals surface area (Å²) in [5.41, 5.74) is 3.05. The van der Waals surface area contributed by atoms with Crippen molar-refractivity contribution in [2.45, 2.75) is 32.5 Å². The maximum atomic E-state index is 13.0. The fourth-order valence-electron chi connectivity index (χ4n) is 2.20. The van der Waals surface area contributed by atoms with Gasteiger partial charge in [0.05, 0.1) is 11.3 Å². The quantitative estimate of drug-likeness (QED) is 0.649. The molecule has 2 rings (SSSR count). The summed E-state index contributed by atoms with van der Waals surface area (Å²) in [6.45, 7) is 5.13. The van der Waals surface area contributed by atoms with Gasteiger partial charge in [0.2, 0.25) is 0 Å². The number of benzene rings is 2. The molecule has 0 bridgehead atoms. The van der Waals surface area contributed by atoms with Crippen LogP contribution in [-0.4, -0.2) is 17.6 Å². The first kappa shape index (κ1) is 21.1. The molecule has 6 nitrogen and oxygen atoms in total. The van der Waals surface area contributed by atoms with Gasteiger partial charge in [-0.05, 0) is 51.1 Å². The van der Waals surface area contributed by atoms with E-state index in [-0.39, 0.29) is 11.3 Å². The molecule has 2 amide bonds. The Balaban J connectivity index is 2.05. The topological polar surface area (TPSA) is 79.5 Å². The highest BCUT2D eigenvalue weighted by Gasteiger charge is 2.33. The molecule has 0 saturated carbocycles. The number of carbonyl (C=O) groups is 2. The number of rotatable bonds is 4. The number of amides is 2. The molecule has 0 aliphatic carbocycles. The molecule has 0 aromatic heterocycles. The SMILES string of the molecule is CC(C)(C)OC(=O)Nc1cccc(C(=O)NNc2ccccc2C(F)(F)F)c1. The van der Waals surface area contributed by atoms with Gasteiger partial charge >= 0.3 is 12.3 Å². The van der Waals surface area contributed by atoms with E-state index in [0.29, 0.717) is 5.69 Å². The molecule has 0 fully saturated rings. The number of carbonyl (C=O) groups excluding carboxylic acids is 2. The van der Waals surface area contributed by atoms with Gasteiger partial charge in [-0.3, -0.25) is 21.0 Å². The van der Waals surface area contributed by atoms with Gasteiger partial charge in [0.15, 0.2) is 0 Å². The summed E-state index contributed by atoms with van der Waals surface area (Å²) in [7, 11) is 0. The Morgan fingerprint density at radius 3 is 2.29 bits per heavy atom. The van der Waals surface area contributed by atoms with Crippen LogP contribution in [0.2, 0.25) is 0 Å². The lowest BCUT2D eigenvalue weighted by Gasteiger charge is -2.19. The molecule has 28 heavy (non-hydrogen) atoms. The zero-order valence-electron chi connectivity index (χ0n) is 15.5. The smallest absolute Gasteiger partial charge is 0.418 e. The van der Waals surface area contributed by atoms with Crippen molar-refractivity contribution in [1.82, 2.24) is 5.43 Å². The Morgan fingerprint density at radius 2 is 1.64 bits per heavy atom. The van der Waals surface area contributed by atoms with Crippen LogP contribution in [0.4, 0.5) is 29.3 Å². The molecule has 0 saturated heterocycles. The van der Waals surface area contributed by atoms with Crippen molar-refractivity contribution in [2.75, 3.05) is 10.7 Å². The first-order valence-electron chi connectivity index (χ1n) is 8.28. The van der Waals surface area contributed by atoms with E-state index >= 15 is 0 Å². The van der Waals surface area contributed by atoms with Gasteiger partial charge in [-0.25, -0.2) is 4.79 Å². The van der Waals surface area contributed by atoms with Crippen LogP contribution in [0.5, 0.6) is 0 Å². The summed E-state index contributed by atoms with van der Waals surface area (Å²) in [5.74, 6) is -0.676. The number of hydrogen-bond donors (Lipinski definition) is 3. The van der Waals surface area contributed by atoms with Crippen molar-refractivity contribution in [3.63, 3.8) is 0 Å². The van der Waals surface area contributed by atoms with E-state index in [2.05, 4.69) is 16.2 Å². The minimum Gasteiger partial charge on any atom is -0.444 e. The van der Waals surface area contributed by atoms with Crippen molar-refractivity contribution in [1.29, 1.82) is 0 Å². The second-order valence-corrected chi connectivity index (χ2v) is 6.83. The highest BCUT2D eigenvalue weighted by molar-refractivity contribution is 5.96. The average Bonchev–Trinajstić information content (AvgIpc) is 2.57. The summed E-state index contributed by atoms with van der Waals surface area (Å²) in [4.78, 5) is 24.0. The number of halogens is 3. The Labute approximate surface area is 160 Å². The van der Waals surface area contributed by atoms with Crippen LogP contribution in [0.15, 0.2) is 48.5 Å². The Hall–Kier alpha value is -3.23. The van der Waals surface area contributed by atoms with Gasteiger partial charge in [-0.15, -0.1) is 0 Å². The number of hydrogen-bond acceptors (Lipinski definition) is 4. The van der Waals surface area contributed by atoms with E-state index in [1.165, 1.54) is 36.4 Å². The Morgan fingerprint density at radius 1 is 0.964 bits per heavy atom. The molecule has 0 spiro atoms. The van der Waals surface area contributed by atoms with E-state index < -0.39 is 29.3 Å². The predicted octanol–water partition coefficient (Wildman–Crippen LogP) is 4.81. The van der Waals surface area contributed by atoms with E-state index in [1.807, 2.05) is 0 Å². The molecule has 2 aromatic carbocycles. The van der Waals surface area contributed by atoms with Gasteiger partial charge in [-0.2, -0.15) is 13.2 Å². The molecule has 0 aliphatic heterocycles. The number of nitrogens with one attached hydrogen (secondary N) is 3. The lowest BCUT2D eigenvalue weighted by Crippen LogP contribution is -2.30. The van der Waals surface area contributed by atoms with Crippen LogP contribution >= 0.6 is 0 Å². The van der Waals surface area contributed by atoms with E-state index in [9.17, 15) is 22.8 Å². The van der Waals surface area contributed by atoms with Crippen LogP contribution in [0, 0.1) is 0 Å². The summed E-state index contributed by atoms with van der Waals surface area (Å²) in [5, 5.41) is 2.49. The monoisotopic (exact) mass is 395 g/mol. The van der Waals surface area contributed by atoms with E-state index in [1.54, 1.807) is 26.8 Å². The minimum absolute atomic E-state index is 0.130. The third kappa shape index (κ3) is 6.19. The summed E-state index contributed by atoms with van der Waals surface area (Å²) >= 11 is 0. The molecular weight excluding hydrogens is 375 g/mol. The fraction of sp³-hybridized carbons (Fsp3) is 0.263. The number of alkyl halides is 3. The first-order chi connectivity index (χ1) is 13.0. The summed E-state index contributed by atoms with van der Waals surface area (Å²) in [6, 6.07) is 10.7. The molecular formula is C19H20F3N3O3. The van der Waals surface area contributed by atoms with Crippen LogP contribution in [-0.2, 0) is 10.9 Å². The Bertz CT molecular complexity index is 861. The molecule has 0 radical (unpaired) electrons. The van der Waals surface area contributed by atoms with Gasteiger partial charge in [0.25, 0.3) is 5.91 Å². The fourth-order valence-corrected chi connectivity index (χ4v) is 2.20. The molecule has 0 atom stereocenters. The standard InChI is InChI=1S/C19H20F3N3O3/c1-18(2,3)28-17(27)23-13-8-6-7-12(11-13)16(26)25-24-15-10-5-4-9-14(15)19(20,21)22/h4-11,24H,1-3H3,(H,23,27)(H,25,26). The maximum absolute atomic E-state index is 13.0. The van der Waals surface area contributed by atoms with Gasteiger partial charge in [0, 0.05) is 11.3 Å². The van der Waals surface area contributed by atoms with Crippen LogP contribution in [0.3, 0.4) is 0 Å². The van der Waals surface area contributed by atoms with Gasteiger partial charge in [-0.1, -0.05) is 18.2 Å². The number of anilines is 2. The molecule has 150 valence electrons. The summed E-state index contributed by atoms with van der Waals surface area (Å²) < 4.78 is 44.1. The van der Waals surface area contributed by atoms with Crippen molar-refractivity contribution in [3.8, 4) is 0 Å². The van der Waals surface area contributed by atoms with Crippen molar-refractivity contribution in [3.05, 3.63) is 59.7 Å². The number of para-hydroxylation sites is 1. The number of ether oxygens (including phenoxy) is 1. The van der Waals surface area contributed by atoms with Crippen molar-refractivity contribution >= 4 is 23.4 Å². The zero-order chi connectivity index (χ0) is 20.9. The van der Waals surface area contributed by atoms with Crippen LogP contribution in [0.25, 0.3) is 0 Å². The third-order valence-corrected chi connectivity index (χ3v) is 3.31. The largest absolute Gasteiger partial charge is 0.444 e.